The molecule has 1 aromatic carbocycles. The van der Waals surface area contributed by atoms with E-state index in [0.29, 0.717) is 12.6 Å². The molecule has 0 bridgehead atoms. The Hall–Kier alpha value is -0.420. The summed E-state index contributed by atoms with van der Waals surface area (Å²) in [5.74, 6) is 0. The number of benzene rings is 1. The number of nitrogens with zero attached hydrogens (tertiary/aromatic N) is 1. The summed E-state index contributed by atoms with van der Waals surface area (Å²) in [6.07, 6.45) is 4.71. The van der Waals surface area contributed by atoms with E-state index in [2.05, 4.69) is 59.1 Å². The van der Waals surface area contributed by atoms with Crippen LogP contribution < -0.4 is 5.73 Å². The first-order chi connectivity index (χ1) is 10.1. The fraction of sp³-hybridized carbons (Fsp3) is 0.647. The van der Waals surface area contributed by atoms with Crippen LogP contribution >= 0.6 is 15.9 Å². The summed E-state index contributed by atoms with van der Waals surface area (Å²) in [5, 5.41) is 0. The Morgan fingerprint density at radius 1 is 1.43 bits per heavy atom. The summed E-state index contributed by atoms with van der Waals surface area (Å²) in [6.45, 7) is 4.64. The number of hydrogen-bond acceptors (Lipinski definition) is 3. The highest BCUT2D eigenvalue weighted by atomic mass is 79.9. The number of ether oxygens (including phenoxy) is 1. The van der Waals surface area contributed by atoms with E-state index < -0.39 is 0 Å². The number of halogens is 1. The van der Waals surface area contributed by atoms with Crippen molar-refractivity contribution in [3.63, 3.8) is 0 Å². The normalized spacial score (nSPS) is 26.2. The molecule has 0 spiro atoms. The first-order valence-electron chi connectivity index (χ1n) is 7.87. The lowest BCUT2D eigenvalue weighted by Crippen LogP contribution is -2.56. The van der Waals surface area contributed by atoms with Gasteiger partial charge in [0.1, 0.15) is 0 Å². The van der Waals surface area contributed by atoms with Gasteiger partial charge in [0.2, 0.25) is 0 Å². The van der Waals surface area contributed by atoms with Gasteiger partial charge in [-0.25, -0.2) is 0 Å². The zero-order chi connectivity index (χ0) is 15.3. The van der Waals surface area contributed by atoms with Gasteiger partial charge in [0.15, 0.2) is 0 Å². The highest BCUT2D eigenvalue weighted by molar-refractivity contribution is 9.10. The van der Waals surface area contributed by atoms with Crippen molar-refractivity contribution in [1.29, 1.82) is 0 Å². The van der Waals surface area contributed by atoms with Crippen LogP contribution in [0.15, 0.2) is 28.7 Å². The van der Waals surface area contributed by atoms with Crippen LogP contribution in [-0.2, 0) is 11.3 Å². The molecular weight excluding hydrogens is 328 g/mol. The van der Waals surface area contributed by atoms with E-state index in [4.69, 9.17) is 10.5 Å². The predicted octanol–water partition coefficient (Wildman–Crippen LogP) is 3.56. The smallest absolute Gasteiger partial charge is 0.0593 e. The van der Waals surface area contributed by atoms with Crippen molar-refractivity contribution in [2.24, 2.45) is 5.73 Å². The zero-order valence-electron chi connectivity index (χ0n) is 13.1. The third kappa shape index (κ3) is 4.07. The van der Waals surface area contributed by atoms with Gasteiger partial charge in [0, 0.05) is 29.7 Å². The summed E-state index contributed by atoms with van der Waals surface area (Å²) in [4.78, 5) is 2.43. The van der Waals surface area contributed by atoms with E-state index in [9.17, 15) is 0 Å². The largest absolute Gasteiger partial charge is 0.378 e. The van der Waals surface area contributed by atoms with Crippen LogP contribution in [0.1, 0.15) is 38.2 Å². The van der Waals surface area contributed by atoms with E-state index >= 15 is 0 Å². The fourth-order valence-electron chi connectivity index (χ4n) is 3.25. The molecule has 0 radical (unpaired) electrons. The predicted molar refractivity (Wildman–Crippen MR) is 91.3 cm³/mol. The van der Waals surface area contributed by atoms with Crippen molar-refractivity contribution >= 4 is 15.9 Å². The molecule has 1 aromatic rings. The minimum absolute atomic E-state index is 0.0629. The van der Waals surface area contributed by atoms with E-state index in [-0.39, 0.29) is 5.54 Å². The fourth-order valence-corrected chi connectivity index (χ4v) is 3.66. The summed E-state index contributed by atoms with van der Waals surface area (Å²) < 4.78 is 7.08. The second-order valence-corrected chi connectivity index (χ2v) is 6.97. The molecule has 2 unspecified atom stereocenters. The van der Waals surface area contributed by atoms with Gasteiger partial charge >= 0.3 is 0 Å². The van der Waals surface area contributed by atoms with Crippen LogP contribution in [-0.4, -0.2) is 36.7 Å². The van der Waals surface area contributed by atoms with Gasteiger partial charge in [-0.15, -0.1) is 0 Å². The molecule has 2 atom stereocenters. The molecule has 4 heteroatoms. The molecule has 118 valence electrons. The van der Waals surface area contributed by atoms with Crippen molar-refractivity contribution in [3.05, 3.63) is 34.3 Å². The van der Waals surface area contributed by atoms with Crippen molar-refractivity contribution in [2.45, 2.75) is 50.8 Å². The van der Waals surface area contributed by atoms with E-state index in [1.807, 2.05) is 0 Å². The lowest BCUT2D eigenvalue weighted by molar-refractivity contribution is -0.0691. The molecule has 0 aliphatic carbocycles. The second kappa shape index (κ2) is 7.73. The topological polar surface area (TPSA) is 38.5 Å². The molecule has 1 saturated heterocycles. The van der Waals surface area contributed by atoms with Crippen LogP contribution in [0.2, 0.25) is 0 Å². The van der Waals surface area contributed by atoms with Crippen LogP contribution in [0, 0.1) is 0 Å². The summed E-state index contributed by atoms with van der Waals surface area (Å²) >= 11 is 3.64. The molecule has 1 fully saturated rings. The maximum atomic E-state index is 6.18. The Morgan fingerprint density at radius 2 is 2.19 bits per heavy atom. The van der Waals surface area contributed by atoms with Gasteiger partial charge in [0.05, 0.1) is 6.10 Å². The number of likely N-dealkylation sites (N-methyl/N-ethyl adjacent to an activating group) is 1. The third-order valence-corrected chi connectivity index (χ3v) is 5.47. The lowest BCUT2D eigenvalue weighted by Gasteiger charge is -2.46. The average molecular weight is 355 g/mol. The molecule has 0 saturated carbocycles. The van der Waals surface area contributed by atoms with Crippen molar-refractivity contribution in [1.82, 2.24) is 4.90 Å². The highest BCUT2D eigenvalue weighted by Crippen LogP contribution is 2.33. The molecule has 1 aliphatic rings. The minimum atomic E-state index is 0.0629. The van der Waals surface area contributed by atoms with Gasteiger partial charge in [0.25, 0.3) is 0 Å². The standard InChI is InChI=1S/C17H27BrN2O/c1-3-6-15-11-17(13-19,9-10-21-15)20(2)12-14-7-4-5-8-16(14)18/h4-5,7-8,15H,3,6,9-13,19H2,1-2H3. The van der Waals surface area contributed by atoms with Gasteiger partial charge in [-0.05, 0) is 37.9 Å². The summed E-state index contributed by atoms with van der Waals surface area (Å²) in [7, 11) is 2.20. The average Bonchev–Trinajstić information content (AvgIpc) is 2.50. The Kier molecular flexibility index (Phi) is 6.23. The van der Waals surface area contributed by atoms with Crippen LogP contribution in [0.5, 0.6) is 0 Å². The molecule has 2 N–H and O–H groups in total. The summed E-state index contributed by atoms with van der Waals surface area (Å²) in [6, 6.07) is 8.42. The number of rotatable bonds is 6. The molecule has 2 rings (SSSR count). The first kappa shape index (κ1) is 16.9. The van der Waals surface area contributed by atoms with Crippen molar-refractivity contribution < 1.29 is 4.74 Å². The maximum Gasteiger partial charge on any atom is 0.0593 e. The molecule has 0 amide bonds. The van der Waals surface area contributed by atoms with E-state index in [1.165, 1.54) is 16.5 Å². The van der Waals surface area contributed by atoms with Gasteiger partial charge in [-0.1, -0.05) is 47.5 Å². The van der Waals surface area contributed by atoms with Crippen molar-refractivity contribution in [3.8, 4) is 0 Å². The van der Waals surface area contributed by atoms with Gasteiger partial charge in [-0.2, -0.15) is 0 Å². The highest BCUT2D eigenvalue weighted by Gasteiger charge is 2.39. The Morgan fingerprint density at radius 3 is 2.86 bits per heavy atom. The molecule has 1 aliphatic heterocycles. The van der Waals surface area contributed by atoms with E-state index in [1.54, 1.807) is 0 Å². The second-order valence-electron chi connectivity index (χ2n) is 6.11. The monoisotopic (exact) mass is 354 g/mol. The van der Waals surface area contributed by atoms with Gasteiger partial charge < -0.3 is 10.5 Å². The molecular formula is C17H27BrN2O. The first-order valence-corrected chi connectivity index (χ1v) is 8.67. The van der Waals surface area contributed by atoms with Crippen molar-refractivity contribution in [2.75, 3.05) is 20.2 Å². The molecule has 3 nitrogen and oxygen atoms in total. The Bertz CT molecular complexity index is 452. The van der Waals surface area contributed by atoms with Gasteiger partial charge in [-0.3, -0.25) is 4.90 Å². The molecule has 1 heterocycles. The molecule has 0 aromatic heterocycles. The number of hydrogen-bond donors (Lipinski definition) is 1. The third-order valence-electron chi connectivity index (χ3n) is 4.69. The van der Waals surface area contributed by atoms with Crippen LogP contribution in [0.25, 0.3) is 0 Å². The Labute approximate surface area is 137 Å². The minimum Gasteiger partial charge on any atom is -0.378 e. The van der Waals surface area contributed by atoms with Crippen LogP contribution in [0.4, 0.5) is 0 Å². The maximum absolute atomic E-state index is 6.18. The number of nitrogens with two attached hydrogens (primary N) is 1. The molecule has 21 heavy (non-hydrogen) atoms. The quantitative estimate of drug-likeness (QED) is 0.848. The van der Waals surface area contributed by atoms with E-state index in [0.717, 1.165) is 32.4 Å². The Balaban J connectivity index is 2.10. The zero-order valence-corrected chi connectivity index (χ0v) is 14.7. The van der Waals surface area contributed by atoms with Crippen LogP contribution in [0.3, 0.4) is 0 Å². The summed E-state index contributed by atoms with van der Waals surface area (Å²) in [5.41, 5.74) is 7.55. The lowest BCUT2D eigenvalue weighted by atomic mass is 9.83. The SMILES string of the molecule is CCCC1CC(CN)(N(C)Cc2ccccc2Br)CCO1.